The average molecular weight is 425 g/mol. The lowest BCUT2D eigenvalue weighted by molar-refractivity contribution is -0.131. The van der Waals surface area contributed by atoms with Gasteiger partial charge in [-0.1, -0.05) is 32.1 Å². The Hall–Kier alpha value is -1.90. The number of aliphatic hydroxyl groups is 1. The summed E-state index contributed by atoms with van der Waals surface area (Å²) in [7, 11) is -2.12. The van der Waals surface area contributed by atoms with E-state index < -0.39 is 16.1 Å². The Morgan fingerprint density at radius 2 is 2.14 bits per heavy atom. The van der Waals surface area contributed by atoms with Gasteiger partial charge in [0, 0.05) is 32.0 Å². The molecule has 3 atom stereocenters. The highest BCUT2D eigenvalue weighted by atomic mass is 32.2. The predicted molar refractivity (Wildman–Crippen MR) is 113 cm³/mol. The van der Waals surface area contributed by atoms with Crippen molar-refractivity contribution in [1.29, 1.82) is 0 Å². The van der Waals surface area contributed by atoms with E-state index in [1.807, 2.05) is 26.0 Å². The maximum Gasteiger partial charge on any atom is 0.247 e. The molecule has 0 saturated carbocycles. The Kier molecular flexibility index (Phi) is 7.85. The molecule has 1 N–H and O–H groups in total. The zero-order chi connectivity index (χ0) is 21.8. The molecule has 1 aliphatic heterocycles. The molecular formula is C21H32N2O5S. The molecule has 0 aliphatic carbocycles. The second-order valence-electron chi connectivity index (χ2n) is 7.57. The van der Waals surface area contributed by atoms with Crippen LogP contribution in [0.2, 0.25) is 0 Å². The molecule has 1 aromatic rings. The van der Waals surface area contributed by atoms with Gasteiger partial charge in [0.2, 0.25) is 15.9 Å². The van der Waals surface area contributed by atoms with Crippen LogP contribution in [0.5, 0.6) is 5.75 Å². The molecule has 1 aliphatic rings. The highest BCUT2D eigenvalue weighted by molar-refractivity contribution is 7.89. The van der Waals surface area contributed by atoms with Crippen molar-refractivity contribution >= 4 is 22.0 Å². The van der Waals surface area contributed by atoms with Gasteiger partial charge in [0.05, 0.1) is 13.2 Å². The van der Waals surface area contributed by atoms with Crippen molar-refractivity contribution in [2.75, 3.05) is 26.7 Å². The molecule has 0 radical (unpaired) electrons. The molecule has 0 saturated heterocycles. The number of allylic oxidation sites excluding steroid dienone is 1. The van der Waals surface area contributed by atoms with E-state index in [4.69, 9.17) is 4.74 Å². The predicted octanol–water partition coefficient (Wildman–Crippen LogP) is 2.36. The van der Waals surface area contributed by atoms with Crippen LogP contribution in [-0.4, -0.2) is 67.5 Å². The maximum atomic E-state index is 13.3. The molecule has 1 aromatic carbocycles. The Morgan fingerprint density at radius 3 is 2.72 bits per heavy atom. The smallest absolute Gasteiger partial charge is 0.247 e. The summed E-state index contributed by atoms with van der Waals surface area (Å²) in [5, 5.41) is 9.65. The van der Waals surface area contributed by atoms with Crippen molar-refractivity contribution in [3.8, 4) is 5.75 Å². The lowest BCUT2D eigenvalue weighted by atomic mass is 10.0. The number of sulfonamides is 1. The number of fused-ring (bicyclic) bond motifs is 1. The molecule has 0 unspecified atom stereocenters. The second-order valence-corrected chi connectivity index (χ2v) is 9.43. The molecule has 1 amide bonds. The summed E-state index contributed by atoms with van der Waals surface area (Å²) in [5.41, 5.74) is 0.827. The van der Waals surface area contributed by atoms with E-state index in [1.165, 1.54) is 4.31 Å². The van der Waals surface area contributed by atoms with Crippen LogP contribution in [0.4, 0.5) is 0 Å². The number of ether oxygens (including phenoxy) is 1. The SMILES string of the molecule is C/C=C/c1ccc2c(c1)O[C@@H](CN(C)C(=O)CC)[C@@H](C)CN([C@H](C)CO)S2(=O)=O. The van der Waals surface area contributed by atoms with Crippen LogP contribution < -0.4 is 4.74 Å². The average Bonchev–Trinajstić information content (AvgIpc) is 2.69. The summed E-state index contributed by atoms with van der Waals surface area (Å²) >= 11 is 0. The van der Waals surface area contributed by atoms with Crippen LogP contribution in [0.25, 0.3) is 6.08 Å². The summed E-state index contributed by atoms with van der Waals surface area (Å²) < 4.78 is 34.2. The molecule has 0 fully saturated rings. The third-order valence-electron chi connectivity index (χ3n) is 5.23. The minimum Gasteiger partial charge on any atom is -0.487 e. The van der Waals surface area contributed by atoms with E-state index in [0.717, 1.165) is 5.56 Å². The molecular weight excluding hydrogens is 392 g/mol. The summed E-state index contributed by atoms with van der Waals surface area (Å²) in [6.07, 6.45) is 3.74. The molecule has 1 heterocycles. The number of aliphatic hydroxyl groups excluding tert-OH is 1. The van der Waals surface area contributed by atoms with Gasteiger partial charge in [-0.2, -0.15) is 4.31 Å². The molecule has 7 nitrogen and oxygen atoms in total. The van der Waals surface area contributed by atoms with Gasteiger partial charge in [0.1, 0.15) is 16.7 Å². The van der Waals surface area contributed by atoms with Gasteiger partial charge < -0.3 is 14.7 Å². The third kappa shape index (κ3) is 5.18. The number of nitrogens with zero attached hydrogens (tertiary/aromatic N) is 2. The highest BCUT2D eigenvalue weighted by Gasteiger charge is 2.38. The highest BCUT2D eigenvalue weighted by Crippen LogP contribution is 2.34. The first kappa shape index (κ1) is 23.4. The topological polar surface area (TPSA) is 87.2 Å². The zero-order valence-electron chi connectivity index (χ0n) is 17.8. The quantitative estimate of drug-likeness (QED) is 0.758. The maximum absolute atomic E-state index is 13.3. The fraction of sp³-hybridized carbons (Fsp3) is 0.571. The second kappa shape index (κ2) is 9.73. The van der Waals surface area contributed by atoms with Crippen LogP contribution in [0, 0.1) is 5.92 Å². The van der Waals surface area contributed by atoms with E-state index >= 15 is 0 Å². The van der Waals surface area contributed by atoms with Gasteiger partial charge >= 0.3 is 0 Å². The van der Waals surface area contributed by atoms with E-state index in [2.05, 4.69) is 0 Å². The number of benzene rings is 1. The Labute approximate surface area is 174 Å². The number of hydrogen-bond donors (Lipinski definition) is 1. The summed E-state index contributed by atoms with van der Waals surface area (Å²) in [6, 6.07) is 4.42. The fourth-order valence-corrected chi connectivity index (χ4v) is 5.22. The lowest BCUT2D eigenvalue weighted by Crippen LogP contribution is -2.50. The molecule has 0 aromatic heterocycles. The Balaban J connectivity index is 2.56. The van der Waals surface area contributed by atoms with E-state index in [0.29, 0.717) is 13.0 Å². The summed E-state index contributed by atoms with van der Waals surface area (Å²) in [4.78, 5) is 13.8. The molecule has 8 heteroatoms. The van der Waals surface area contributed by atoms with E-state index in [9.17, 15) is 18.3 Å². The monoisotopic (exact) mass is 424 g/mol. The van der Waals surface area contributed by atoms with Crippen molar-refractivity contribution in [3.63, 3.8) is 0 Å². The lowest BCUT2D eigenvalue weighted by Gasteiger charge is -2.37. The van der Waals surface area contributed by atoms with Gasteiger partial charge in [0.15, 0.2) is 0 Å². The molecule has 2 rings (SSSR count). The Morgan fingerprint density at radius 1 is 1.45 bits per heavy atom. The van der Waals surface area contributed by atoms with Crippen LogP contribution in [0.3, 0.4) is 0 Å². The number of carbonyl (C=O) groups excluding carboxylic acids is 1. The Bertz CT molecular complexity index is 853. The van der Waals surface area contributed by atoms with E-state index in [1.54, 1.807) is 44.0 Å². The number of rotatable bonds is 6. The molecule has 0 spiro atoms. The van der Waals surface area contributed by atoms with Crippen LogP contribution in [-0.2, 0) is 14.8 Å². The van der Waals surface area contributed by atoms with Gasteiger partial charge in [-0.15, -0.1) is 0 Å². The first-order valence-electron chi connectivity index (χ1n) is 9.95. The van der Waals surface area contributed by atoms with Crippen LogP contribution in [0.15, 0.2) is 29.2 Å². The summed E-state index contributed by atoms with van der Waals surface area (Å²) in [6.45, 7) is 7.54. The summed E-state index contributed by atoms with van der Waals surface area (Å²) in [5.74, 6) is 0.0768. The first-order chi connectivity index (χ1) is 13.6. The number of carbonyl (C=O) groups is 1. The van der Waals surface area contributed by atoms with Gasteiger partial charge in [0.25, 0.3) is 0 Å². The fourth-order valence-electron chi connectivity index (χ4n) is 3.40. The van der Waals surface area contributed by atoms with Crippen molar-refractivity contribution in [3.05, 3.63) is 29.8 Å². The van der Waals surface area contributed by atoms with Crippen LogP contribution in [0.1, 0.15) is 39.7 Å². The number of amides is 1. The zero-order valence-corrected chi connectivity index (χ0v) is 18.6. The van der Waals surface area contributed by atoms with Crippen molar-refractivity contribution in [2.24, 2.45) is 5.92 Å². The van der Waals surface area contributed by atoms with Gasteiger partial charge in [-0.05, 0) is 31.5 Å². The van der Waals surface area contributed by atoms with Crippen molar-refractivity contribution in [1.82, 2.24) is 9.21 Å². The first-order valence-corrected chi connectivity index (χ1v) is 11.4. The molecule has 0 bridgehead atoms. The van der Waals surface area contributed by atoms with Gasteiger partial charge in [-0.3, -0.25) is 4.79 Å². The van der Waals surface area contributed by atoms with Crippen molar-refractivity contribution in [2.45, 2.75) is 51.2 Å². The van der Waals surface area contributed by atoms with E-state index in [-0.39, 0.29) is 41.7 Å². The standard InChI is InChI=1S/C21H32N2O5S/c1-6-8-17-9-10-20-18(11-17)28-19(13-22(5)21(25)7-2)15(3)12-23(16(4)14-24)29(20,26)27/h6,8-11,15-16,19,24H,7,12-14H2,1-5H3/b8-6+/t15-,16+,19-/m0/s1. The largest absolute Gasteiger partial charge is 0.487 e. The minimum atomic E-state index is -3.85. The van der Waals surface area contributed by atoms with Gasteiger partial charge in [-0.25, -0.2) is 8.42 Å². The number of likely N-dealkylation sites (N-methyl/N-ethyl adjacent to an activating group) is 1. The normalized spacial score (nSPS) is 23.0. The van der Waals surface area contributed by atoms with Crippen molar-refractivity contribution < 1.29 is 23.1 Å². The third-order valence-corrected chi connectivity index (χ3v) is 7.25. The number of hydrogen-bond acceptors (Lipinski definition) is 5. The minimum absolute atomic E-state index is 0.000969. The molecule has 29 heavy (non-hydrogen) atoms. The van der Waals surface area contributed by atoms with Crippen LogP contribution >= 0.6 is 0 Å². The molecule has 162 valence electrons.